The largest absolute Gasteiger partial charge is 0.445 e. The fourth-order valence-electron chi connectivity index (χ4n) is 1.44. The van der Waals surface area contributed by atoms with E-state index < -0.39 is 0 Å². The number of nitrogens with one attached hydrogen (secondary N) is 1. The second kappa shape index (κ2) is 4.90. The molecular weight excluding hydrogens is 207 g/mol. The molecule has 0 aliphatic rings. The van der Waals surface area contributed by atoms with E-state index in [1.54, 1.807) is 12.3 Å². The fraction of sp³-hybridized carbons (Fsp3) is 0.250. The molecule has 4 heteroatoms. The summed E-state index contributed by atoms with van der Waals surface area (Å²) in [5.74, 6) is 1.22. The Morgan fingerprint density at radius 1 is 1.38 bits per heavy atom. The summed E-state index contributed by atoms with van der Waals surface area (Å²) >= 11 is 0. The van der Waals surface area contributed by atoms with Gasteiger partial charge in [0.25, 0.3) is 0 Å². The Hall–Kier alpha value is -1.68. The minimum absolute atomic E-state index is 0.216. The van der Waals surface area contributed by atoms with Crippen molar-refractivity contribution in [3.05, 3.63) is 53.5 Å². The highest BCUT2D eigenvalue weighted by Crippen LogP contribution is 2.04. The summed E-state index contributed by atoms with van der Waals surface area (Å²) in [5.41, 5.74) is 0.906. The predicted molar refractivity (Wildman–Crippen MR) is 58.2 cm³/mol. The van der Waals surface area contributed by atoms with E-state index in [1.165, 1.54) is 12.1 Å². The van der Waals surface area contributed by atoms with Gasteiger partial charge in [0.1, 0.15) is 11.6 Å². The number of rotatable bonds is 4. The minimum atomic E-state index is -0.216. The van der Waals surface area contributed by atoms with Crippen LogP contribution in [0.1, 0.15) is 17.2 Å². The zero-order chi connectivity index (χ0) is 11.4. The van der Waals surface area contributed by atoms with Crippen molar-refractivity contribution < 1.29 is 8.81 Å². The highest BCUT2D eigenvalue weighted by atomic mass is 19.1. The molecule has 0 amide bonds. The van der Waals surface area contributed by atoms with Crippen LogP contribution in [0.4, 0.5) is 4.39 Å². The highest BCUT2D eigenvalue weighted by molar-refractivity contribution is 5.15. The molecule has 0 saturated heterocycles. The molecule has 0 aliphatic carbocycles. The van der Waals surface area contributed by atoms with E-state index in [2.05, 4.69) is 10.3 Å². The van der Waals surface area contributed by atoms with Crippen LogP contribution in [-0.2, 0) is 13.1 Å². The quantitative estimate of drug-likeness (QED) is 0.859. The van der Waals surface area contributed by atoms with Crippen LogP contribution in [0.5, 0.6) is 0 Å². The topological polar surface area (TPSA) is 38.1 Å². The summed E-state index contributed by atoms with van der Waals surface area (Å²) in [5, 5.41) is 3.14. The molecule has 2 aromatic rings. The summed E-state index contributed by atoms with van der Waals surface area (Å²) in [7, 11) is 0. The maximum atomic E-state index is 12.9. The summed E-state index contributed by atoms with van der Waals surface area (Å²) in [6, 6.07) is 6.51. The zero-order valence-corrected chi connectivity index (χ0v) is 9.03. The molecule has 16 heavy (non-hydrogen) atoms. The molecule has 0 unspecified atom stereocenters. The first kappa shape index (κ1) is 10.8. The van der Waals surface area contributed by atoms with E-state index in [0.717, 1.165) is 11.3 Å². The monoisotopic (exact) mass is 220 g/mol. The summed E-state index contributed by atoms with van der Waals surface area (Å²) in [4.78, 5) is 4.06. The number of benzene rings is 1. The number of nitrogens with zero attached hydrogens (tertiary/aromatic N) is 1. The fourth-order valence-corrected chi connectivity index (χ4v) is 1.44. The van der Waals surface area contributed by atoms with Gasteiger partial charge in [-0.25, -0.2) is 9.37 Å². The van der Waals surface area contributed by atoms with Gasteiger partial charge in [-0.1, -0.05) is 12.1 Å². The van der Waals surface area contributed by atoms with E-state index >= 15 is 0 Å². The number of hydrogen-bond acceptors (Lipinski definition) is 3. The highest BCUT2D eigenvalue weighted by Gasteiger charge is 2.00. The summed E-state index contributed by atoms with van der Waals surface area (Å²) < 4.78 is 18.2. The van der Waals surface area contributed by atoms with Gasteiger partial charge in [-0.3, -0.25) is 0 Å². The van der Waals surface area contributed by atoms with Gasteiger partial charge >= 0.3 is 0 Å². The number of halogens is 1. The lowest BCUT2D eigenvalue weighted by atomic mass is 10.2. The lowest BCUT2D eigenvalue weighted by Gasteiger charge is -2.02. The Kier molecular flexibility index (Phi) is 3.31. The molecule has 0 spiro atoms. The SMILES string of the molecule is Cc1cnc(CNCc2cccc(F)c2)o1. The molecule has 1 heterocycles. The molecule has 84 valence electrons. The first-order valence-electron chi connectivity index (χ1n) is 5.10. The van der Waals surface area contributed by atoms with E-state index in [9.17, 15) is 4.39 Å². The van der Waals surface area contributed by atoms with Gasteiger partial charge in [0, 0.05) is 6.54 Å². The third-order valence-electron chi connectivity index (χ3n) is 2.16. The molecular formula is C12H13FN2O. The van der Waals surface area contributed by atoms with Crippen LogP contribution in [0.25, 0.3) is 0 Å². The van der Waals surface area contributed by atoms with Crippen LogP contribution < -0.4 is 5.32 Å². The molecule has 0 saturated carbocycles. The number of aromatic nitrogens is 1. The second-order valence-electron chi connectivity index (χ2n) is 3.60. The molecule has 0 fully saturated rings. The third kappa shape index (κ3) is 2.90. The van der Waals surface area contributed by atoms with Crippen LogP contribution in [0, 0.1) is 12.7 Å². The van der Waals surface area contributed by atoms with Gasteiger partial charge in [-0.15, -0.1) is 0 Å². The van der Waals surface area contributed by atoms with Crippen LogP contribution in [0.3, 0.4) is 0 Å². The van der Waals surface area contributed by atoms with Gasteiger partial charge in [-0.05, 0) is 24.6 Å². The van der Waals surface area contributed by atoms with Crippen molar-refractivity contribution >= 4 is 0 Å². The van der Waals surface area contributed by atoms with E-state index in [4.69, 9.17) is 4.42 Å². The Morgan fingerprint density at radius 3 is 2.94 bits per heavy atom. The Balaban J connectivity index is 1.84. The average Bonchev–Trinajstić information content (AvgIpc) is 2.64. The zero-order valence-electron chi connectivity index (χ0n) is 9.03. The molecule has 0 bridgehead atoms. The molecule has 0 atom stereocenters. The third-order valence-corrected chi connectivity index (χ3v) is 2.16. The van der Waals surface area contributed by atoms with Gasteiger partial charge in [0.15, 0.2) is 0 Å². The summed E-state index contributed by atoms with van der Waals surface area (Å²) in [6.07, 6.45) is 1.68. The smallest absolute Gasteiger partial charge is 0.208 e. The summed E-state index contributed by atoms with van der Waals surface area (Å²) in [6.45, 7) is 2.99. The van der Waals surface area contributed by atoms with Crippen LogP contribution in [-0.4, -0.2) is 4.98 Å². The van der Waals surface area contributed by atoms with Crippen molar-refractivity contribution in [2.75, 3.05) is 0 Å². The standard InChI is InChI=1S/C12H13FN2O/c1-9-6-15-12(16-9)8-14-7-10-3-2-4-11(13)5-10/h2-6,14H,7-8H2,1H3. The first-order valence-corrected chi connectivity index (χ1v) is 5.10. The molecule has 2 rings (SSSR count). The van der Waals surface area contributed by atoms with Gasteiger partial charge < -0.3 is 9.73 Å². The number of hydrogen-bond donors (Lipinski definition) is 1. The van der Waals surface area contributed by atoms with Crippen molar-refractivity contribution in [3.8, 4) is 0 Å². The number of oxazole rings is 1. The van der Waals surface area contributed by atoms with E-state index in [0.29, 0.717) is 19.0 Å². The Bertz CT molecular complexity index is 468. The predicted octanol–water partition coefficient (Wildman–Crippen LogP) is 2.41. The van der Waals surface area contributed by atoms with Crippen molar-refractivity contribution in [1.29, 1.82) is 0 Å². The van der Waals surface area contributed by atoms with Gasteiger partial charge in [-0.2, -0.15) is 0 Å². The van der Waals surface area contributed by atoms with E-state index in [-0.39, 0.29) is 5.82 Å². The van der Waals surface area contributed by atoms with Crippen molar-refractivity contribution in [3.63, 3.8) is 0 Å². The van der Waals surface area contributed by atoms with Crippen molar-refractivity contribution in [1.82, 2.24) is 10.3 Å². The van der Waals surface area contributed by atoms with Gasteiger partial charge in [0.2, 0.25) is 5.89 Å². The number of aryl methyl sites for hydroxylation is 1. The molecule has 0 aliphatic heterocycles. The molecule has 1 aromatic carbocycles. The van der Waals surface area contributed by atoms with Crippen LogP contribution >= 0.6 is 0 Å². The lowest BCUT2D eigenvalue weighted by Crippen LogP contribution is -2.12. The van der Waals surface area contributed by atoms with Gasteiger partial charge in [0.05, 0.1) is 12.7 Å². The Morgan fingerprint density at radius 2 is 2.25 bits per heavy atom. The van der Waals surface area contributed by atoms with Crippen molar-refractivity contribution in [2.45, 2.75) is 20.0 Å². The average molecular weight is 220 g/mol. The second-order valence-corrected chi connectivity index (χ2v) is 3.60. The Labute approximate surface area is 93.3 Å². The van der Waals surface area contributed by atoms with Crippen LogP contribution in [0.2, 0.25) is 0 Å². The molecule has 1 N–H and O–H groups in total. The maximum absolute atomic E-state index is 12.9. The molecule has 0 radical (unpaired) electrons. The maximum Gasteiger partial charge on any atom is 0.208 e. The first-order chi connectivity index (χ1) is 7.74. The van der Waals surface area contributed by atoms with E-state index in [1.807, 2.05) is 13.0 Å². The van der Waals surface area contributed by atoms with Crippen LogP contribution in [0.15, 0.2) is 34.9 Å². The lowest BCUT2D eigenvalue weighted by molar-refractivity contribution is 0.449. The molecule has 1 aromatic heterocycles. The molecule has 3 nitrogen and oxygen atoms in total. The minimum Gasteiger partial charge on any atom is -0.445 e. The van der Waals surface area contributed by atoms with Crippen molar-refractivity contribution in [2.24, 2.45) is 0 Å². The normalized spacial score (nSPS) is 10.6.